The molecule has 26 heavy (non-hydrogen) atoms. The third-order valence-electron chi connectivity index (χ3n) is 4.20. The molecule has 128 valence electrons. The molecule has 0 atom stereocenters. The number of fused-ring (bicyclic) bond motifs is 1. The number of carbonyl (C=O) groups excluding carboxylic acids is 1. The number of rotatable bonds is 3. The van der Waals surface area contributed by atoms with Gasteiger partial charge in [-0.1, -0.05) is 12.1 Å². The third-order valence-corrected chi connectivity index (χ3v) is 4.20. The fourth-order valence-corrected chi connectivity index (χ4v) is 2.74. The molecule has 1 N–H and O–H groups in total. The molecular formula is C21H17N3O2. The number of amides is 1. The van der Waals surface area contributed by atoms with Gasteiger partial charge in [0.1, 0.15) is 5.52 Å². The summed E-state index contributed by atoms with van der Waals surface area (Å²) in [6, 6.07) is 15.1. The molecule has 0 spiro atoms. The summed E-state index contributed by atoms with van der Waals surface area (Å²) in [6.45, 7) is 3.96. The zero-order valence-electron chi connectivity index (χ0n) is 14.5. The summed E-state index contributed by atoms with van der Waals surface area (Å²) in [5.74, 6) is 0.328. The Morgan fingerprint density at radius 3 is 2.77 bits per heavy atom. The minimum atomic E-state index is -0.202. The van der Waals surface area contributed by atoms with Crippen LogP contribution in [0.1, 0.15) is 21.5 Å². The maximum Gasteiger partial charge on any atom is 0.257 e. The second-order valence-electron chi connectivity index (χ2n) is 6.22. The van der Waals surface area contributed by atoms with E-state index in [9.17, 15) is 4.79 Å². The number of aromatic nitrogens is 2. The Morgan fingerprint density at radius 1 is 1.08 bits per heavy atom. The van der Waals surface area contributed by atoms with Crippen LogP contribution in [0.3, 0.4) is 0 Å². The molecule has 2 heterocycles. The minimum absolute atomic E-state index is 0.202. The molecular weight excluding hydrogens is 326 g/mol. The number of aryl methyl sites for hydroxylation is 2. The standard InChI is InChI=1S/C21H17N3O2/c1-13-5-8-19-18(10-13)24-21(26-19)15-7-6-14(2)17(11-15)23-20(25)16-4-3-9-22-12-16/h3-12H,1-2H3,(H,23,25). The Bertz CT molecular complexity index is 1100. The molecule has 1 amide bonds. The molecule has 0 radical (unpaired) electrons. The zero-order chi connectivity index (χ0) is 18.1. The van der Waals surface area contributed by atoms with E-state index in [4.69, 9.17) is 4.42 Å². The first-order chi connectivity index (χ1) is 12.6. The van der Waals surface area contributed by atoms with Crippen LogP contribution >= 0.6 is 0 Å². The van der Waals surface area contributed by atoms with Crippen molar-refractivity contribution in [3.05, 3.63) is 77.6 Å². The van der Waals surface area contributed by atoms with Gasteiger partial charge in [0.25, 0.3) is 5.91 Å². The lowest BCUT2D eigenvalue weighted by atomic mass is 10.1. The highest BCUT2D eigenvalue weighted by molar-refractivity contribution is 6.04. The number of nitrogens with one attached hydrogen (secondary N) is 1. The molecule has 0 aliphatic rings. The SMILES string of the molecule is Cc1ccc2oc(-c3ccc(C)c(NC(=O)c4cccnc4)c3)nc2c1. The number of oxazole rings is 1. The zero-order valence-corrected chi connectivity index (χ0v) is 14.5. The second kappa shape index (κ2) is 6.44. The van der Waals surface area contributed by atoms with Gasteiger partial charge in [-0.05, 0) is 61.4 Å². The van der Waals surface area contributed by atoms with Crippen LogP contribution in [0, 0.1) is 13.8 Å². The summed E-state index contributed by atoms with van der Waals surface area (Å²) in [5.41, 5.74) is 5.69. The van der Waals surface area contributed by atoms with Gasteiger partial charge in [0.05, 0.1) is 5.56 Å². The van der Waals surface area contributed by atoms with E-state index >= 15 is 0 Å². The lowest BCUT2D eigenvalue weighted by molar-refractivity contribution is 0.102. The Balaban J connectivity index is 1.68. The molecule has 4 aromatic rings. The average Bonchev–Trinajstić information content (AvgIpc) is 3.07. The highest BCUT2D eigenvalue weighted by atomic mass is 16.3. The second-order valence-corrected chi connectivity index (χ2v) is 6.22. The maximum atomic E-state index is 12.4. The van der Waals surface area contributed by atoms with Crippen LogP contribution in [-0.2, 0) is 0 Å². The average molecular weight is 343 g/mol. The van der Waals surface area contributed by atoms with Crippen LogP contribution in [-0.4, -0.2) is 15.9 Å². The molecule has 0 bridgehead atoms. The van der Waals surface area contributed by atoms with Gasteiger partial charge in [0.2, 0.25) is 5.89 Å². The number of benzene rings is 2. The largest absolute Gasteiger partial charge is 0.436 e. The highest BCUT2D eigenvalue weighted by Gasteiger charge is 2.12. The third kappa shape index (κ3) is 3.07. The highest BCUT2D eigenvalue weighted by Crippen LogP contribution is 2.28. The monoisotopic (exact) mass is 343 g/mol. The first kappa shape index (κ1) is 16.0. The van der Waals surface area contributed by atoms with E-state index in [1.54, 1.807) is 18.3 Å². The Hall–Kier alpha value is -3.47. The van der Waals surface area contributed by atoms with Crippen molar-refractivity contribution in [3.8, 4) is 11.5 Å². The predicted molar refractivity (Wildman–Crippen MR) is 101 cm³/mol. The Labute approximate surface area is 150 Å². The van der Waals surface area contributed by atoms with E-state index < -0.39 is 0 Å². The summed E-state index contributed by atoms with van der Waals surface area (Å²) in [6.07, 6.45) is 3.18. The Morgan fingerprint density at radius 2 is 1.96 bits per heavy atom. The van der Waals surface area contributed by atoms with E-state index in [0.29, 0.717) is 11.5 Å². The summed E-state index contributed by atoms with van der Waals surface area (Å²) < 4.78 is 5.86. The van der Waals surface area contributed by atoms with E-state index in [-0.39, 0.29) is 5.91 Å². The molecule has 4 rings (SSSR count). The van der Waals surface area contributed by atoms with Crippen LogP contribution in [0.5, 0.6) is 0 Å². The quantitative estimate of drug-likeness (QED) is 0.582. The van der Waals surface area contributed by atoms with Crippen molar-refractivity contribution in [3.63, 3.8) is 0 Å². The van der Waals surface area contributed by atoms with Crippen LogP contribution < -0.4 is 5.32 Å². The minimum Gasteiger partial charge on any atom is -0.436 e. The summed E-state index contributed by atoms with van der Waals surface area (Å²) in [4.78, 5) is 20.9. The van der Waals surface area contributed by atoms with Crippen molar-refractivity contribution in [2.24, 2.45) is 0 Å². The van der Waals surface area contributed by atoms with Crippen molar-refractivity contribution < 1.29 is 9.21 Å². The lowest BCUT2D eigenvalue weighted by Crippen LogP contribution is -2.13. The van der Waals surface area contributed by atoms with Gasteiger partial charge in [-0.15, -0.1) is 0 Å². The van der Waals surface area contributed by atoms with Gasteiger partial charge >= 0.3 is 0 Å². The van der Waals surface area contributed by atoms with Crippen LogP contribution in [0.25, 0.3) is 22.6 Å². The smallest absolute Gasteiger partial charge is 0.257 e. The van der Waals surface area contributed by atoms with Gasteiger partial charge in [-0.3, -0.25) is 9.78 Å². The van der Waals surface area contributed by atoms with Crippen molar-refractivity contribution in [1.29, 1.82) is 0 Å². The van der Waals surface area contributed by atoms with E-state index in [1.165, 1.54) is 6.20 Å². The molecule has 0 saturated carbocycles. The van der Waals surface area contributed by atoms with Crippen LogP contribution in [0.15, 0.2) is 65.3 Å². The lowest BCUT2D eigenvalue weighted by Gasteiger charge is -2.09. The molecule has 0 saturated heterocycles. The topological polar surface area (TPSA) is 68.0 Å². The fourth-order valence-electron chi connectivity index (χ4n) is 2.74. The number of pyridine rings is 1. The fraction of sp³-hybridized carbons (Fsp3) is 0.0952. The molecule has 5 nitrogen and oxygen atoms in total. The normalized spacial score (nSPS) is 10.8. The van der Waals surface area contributed by atoms with Crippen molar-refractivity contribution >= 4 is 22.7 Å². The molecule has 2 aromatic heterocycles. The van der Waals surface area contributed by atoms with E-state index in [1.807, 2.05) is 50.2 Å². The first-order valence-electron chi connectivity index (χ1n) is 8.30. The number of carbonyl (C=O) groups is 1. The van der Waals surface area contributed by atoms with Gasteiger partial charge in [0, 0.05) is 23.6 Å². The molecule has 0 aliphatic carbocycles. The van der Waals surface area contributed by atoms with Gasteiger partial charge < -0.3 is 9.73 Å². The summed E-state index contributed by atoms with van der Waals surface area (Å²) >= 11 is 0. The number of hydrogen-bond donors (Lipinski definition) is 1. The van der Waals surface area contributed by atoms with Crippen molar-refractivity contribution in [1.82, 2.24) is 9.97 Å². The maximum absolute atomic E-state index is 12.4. The number of hydrogen-bond acceptors (Lipinski definition) is 4. The van der Waals surface area contributed by atoms with E-state index in [2.05, 4.69) is 15.3 Å². The molecule has 0 unspecified atom stereocenters. The molecule has 5 heteroatoms. The summed E-state index contributed by atoms with van der Waals surface area (Å²) in [7, 11) is 0. The van der Waals surface area contributed by atoms with Gasteiger partial charge in [-0.2, -0.15) is 0 Å². The van der Waals surface area contributed by atoms with Crippen molar-refractivity contribution in [2.75, 3.05) is 5.32 Å². The van der Waals surface area contributed by atoms with E-state index in [0.717, 1.165) is 33.5 Å². The molecule has 0 aliphatic heterocycles. The summed E-state index contributed by atoms with van der Waals surface area (Å²) in [5, 5.41) is 2.93. The van der Waals surface area contributed by atoms with Gasteiger partial charge in [-0.25, -0.2) is 4.98 Å². The predicted octanol–water partition coefficient (Wildman–Crippen LogP) is 4.76. The van der Waals surface area contributed by atoms with Crippen LogP contribution in [0.2, 0.25) is 0 Å². The van der Waals surface area contributed by atoms with Gasteiger partial charge in [0.15, 0.2) is 5.58 Å². The van der Waals surface area contributed by atoms with Crippen molar-refractivity contribution in [2.45, 2.75) is 13.8 Å². The first-order valence-corrected chi connectivity index (χ1v) is 8.30. The number of nitrogens with zero attached hydrogens (tertiary/aromatic N) is 2. The molecule has 0 fully saturated rings. The molecule has 2 aromatic carbocycles. The number of anilines is 1. The van der Waals surface area contributed by atoms with Crippen LogP contribution in [0.4, 0.5) is 5.69 Å². The Kier molecular flexibility index (Phi) is 3.97.